The molecule has 1 unspecified atom stereocenters. The molecule has 2 heterocycles. The molecule has 1 N–H and O–H groups in total. The second-order valence-electron chi connectivity index (χ2n) is 6.35. The van der Waals surface area contributed by atoms with Gasteiger partial charge in [-0.25, -0.2) is 8.78 Å². The van der Waals surface area contributed by atoms with Gasteiger partial charge < -0.3 is 10.2 Å². The lowest BCUT2D eigenvalue weighted by molar-refractivity contribution is -0.135. The minimum absolute atomic E-state index is 0. The van der Waals surface area contributed by atoms with Crippen molar-refractivity contribution >= 4 is 18.3 Å². The number of rotatable bonds is 3. The quantitative estimate of drug-likeness (QED) is 0.899. The van der Waals surface area contributed by atoms with Crippen molar-refractivity contribution in [2.75, 3.05) is 32.7 Å². The molecule has 4 nitrogen and oxygen atoms in total. The smallest absolute Gasteiger partial charge is 0.239 e. The molecule has 2 fully saturated rings. The Bertz CT molecular complexity index is 573. The van der Waals surface area contributed by atoms with Gasteiger partial charge in [-0.3, -0.25) is 9.69 Å². The summed E-state index contributed by atoms with van der Waals surface area (Å²) >= 11 is 0. The molecule has 1 aromatic rings. The van der Waals surface area contributed by atoms with Gasteiger partial charge >= 0.3 is 0 Å². The molecule has 24 heavy (non-hydrogen) atoms. The number of amides is 1. The highest BCUT2D eigenvalue weighted by Gasteiger charge is 2.30. The Labute approximate surface area is 147 Å². The fourth-order valence-electron chi connectivity index (χ4n) is 3.48. The number of piperazine rings is 1. The minimum Gasteiger partial charge on any atom is -0.339 e. The fraction of sp³-hybridized carbons (Fsp3) is 0.588. The van der Waals surface area contributed by atoms with E-state index in [0.717, 1.165) is 25.5 Å². The Morgan fingerprint density at radius 1 is 1.25 bits per heavy atom. The standard InChI is InChI=1S/C17H23F2N3O.ClH/c1-12(14-5-4-13(18)11-15(14)19)21-7-9-22(10-8-21)17(23)16-3-2-6-20-16;/h4-5,11-12,16,20H,2-3,6-10H2,1H3;1H/t12?,16-;/m0./s1. The summed E-state index contributed by atoms with van der Waals surface area (Å²) < 4.78 is 27.0. The average molecular weight is 360 g/mol. The maximum absolute atomic E-state index is 13.9. The Kier molecular flexibility index (Phi) is 6.54. The van der Waals surface area contributed by atoms with Crippen LogP contribution < -0.4 is 5.32 Å². The zero-order valence-electron chi connectivity index (χ0n) is 13.8. The maximum Gasteiger partial charge on any atom is 0.239 e. The fourth-order valence-corrected chi connectivity index (χ4v) is 3.48. The van der Waals surface area contributed by atoms with Crippen molar-refractivity contribution in [3.63, 3.8) is 0 Å². The van der Waals surface area contributed by atoms with Crippen LogP contribution in [0.2, 0.25) is 0 Å². The lowest BCUT2D eigenvalue weighted by Crippen LogP contribution is -2.53. The predicted molar refractivity (Wildman–Crippen MR) is 91.2 cm³/mol. The number of carbonyl (C=O) groups excluding carboxylic acids is 1. The van der Waals surface area contributed by atoms with E-state index in [0.29, 0.717) is 31.7 Å². The van der Waals surface area contributed by atoms with Gasteiger partial charge in [0.25, 0.3) is 0 Å². The van der Waals surface area contributed by atoms with Gasteiger partial charge in [0.15, 0.2) is 0 Å². The molecule has 0 bridgehead atoms. The van der Waals surface area contributed by atoms with Gasteiger partial charge in [-0.2, -0.15) is 0 Å². The third-order valence-electron chi connectivity index (χ3n) is 4.94. The zero-order chi connectivity index (χ0) is 16.4. The van der Waals surface area contributed by atoms with Crippen molar-refractivity contribution in [2.24, 2.45) is 0 Å². The monoisotopic (exact) mass is 359 g/mol. The topological polar surface area (TPSA) is 35.6 Å². The highest BCUT2D eigenvalue weighted by atomic mass is 35.5. The van der Waals surface area contributed by atoms with Crippen molar-refractivity contribution in [3.05, 3.63) is 35.4 Å². The number of benzene rings is 1. The van der Waals surface area contributed by atoms with E-state index in [9.17, 15) is 13.6 Å². The second kappa shape index (κ2) is 8.23. The molecule has 2 aliphatic heterocycles. The van der Waals surface area contributed by atoms with Gasteiger partial charge in [-0.15, -0.1) is 12.4 Å². The van der Waals surface area contributed by atoms with E-state index in [4.69, 9.17) is 0 Å². The molecule has 0 radical (unpaired) electrons. The van der Waals surface area contributed by atoms with E-state index in [1.165, 1.54) is 12.1 Å². The SMILES string of the molecule is CC(c1ccc(F)cc1F)N1CCN(C(=O)[C@@H]2CCCN2)CC1.Cl. The van der Waals surface area contributed by atoms with Crippen molar-refractivity contribution in [3.8, 4) is 0 Å². The van der Waals surface area contributed by atoms with E-state index in [1.807, 2.05) is 11.8 Å². The minimum atomic E-state index is -0.557. The number of hydrogen-bond acceptors (Lipinski definition) is 3. The van der Waals surface area contributed by atoms with Crippen molar-refractivity contribution < 1.29 is 13.6 Å². The number of halogens is 3. The van der Waals surface area contributed by atoms with Crippen LogP contribution in [0.15, 0.2) is 18.2 Å². The first-order valence-electron chi connectivity index (χ1n) is 8.27. The first-order valence-corrected chi connectivity index (χ1v) is 8.27. The van der Waals surface area contributed by atoms with Crippen LogP contribution in [0.5, 0.6) is 0 Å². The summed E-state index contributed by atoms with van der Waals surface area (Å²) in [5.41, 5.74) is 0.503. The van der Waals surface area contributed by atoms with Crippen LogP contribution in [0.1, 0.15) is 31.4 Å². The van der Waals surface area contributed by atoms with Crippen LogP contribution in [-0.4, -0.2) is 54.5 Å². The van der Waals surface area contributed by atoms with Crippen LogP contribution in [0.4, 0.5) is 8.78 Å². The molecule has 0 aromatic heterocycles. The van der Waals surface area contributed by atoms with E-state index in [2.05, 4.69) is 10.2 Å². The first-order chi connectivity index (χ1) is 11.1. The summed E-state index contributed by atoms with van der Waals surface area (Å²) in [4.78, 5) is 16.4. The lowest BCUT2D eigenvalue weighted by atomic mass is 10.0. The van der Waals surface area contributed by atoms with Crippen LogP contribution in [0.3, 0.4) is 0 Å². The number of carbonyl (C=O) groups is 1. The summed E-state index contributed by atoms with van der Waals surface area (Å²) in [5.74, 6) is -0.883. The third-order valence-corrected chi connectivity index (χ3v) is 4.94. The second-order valence-corrected chi connectivity index (χ2v) is 6.35. The average Bonchev–Trinajstić information content (AvgIpc) is 3.08. The number of hydrogen-bond donors (Lipinski definition) is 1. The van der Waals surface area contributed by atoms with Gasteiger partial charge in [-0.1, -0.05) is 6.07 Å². The third kappa shape index (κ3) is 4.05. The van der Waals surface area contributed by atoms with Crippen LogP contribution in [-0.2, 0) is 4.79 Å². The summed E-state index contributed by atoms with van der Waals surface area (Å²) in [6, 6.07) is 3.57. The highest BCUT2D eigenvalue weighted by molar-refractivity contribution is 5.85. The number of nitrogens with zero attached hydrogens (tertiary/aromatic N) is 2. The molecule has 2 saturated heterocycles. The van der Waals surface area contributed by atoms with E-state index in [-0.39, 0.29) is 30.4 Å². The van der Waals surface area contributed by atoms with Crippen molar-refractivity contribution in [1.82, 2.24) is 15.1 Å². The largest absolute Gasteiger partial charge is 0.339 e. The van der Waals surface area contributed by atoms with Crippen LogP contribution in [0.25, 0.3) is 0 Å². The van der Waals surface area contributed by atoms with E-state index in [1.54, 1.807) is 0 Å². The van der Waals surface area contributed by atoms with Crippen LogP contribution in [0, 0.1) is 11.6 Å². The maximum atomic E-state index is 13.9. The van der Waals surface area contributed by atoms with Crippen LogP contribution >= 0.6 is 12.4 Å². The Hall–Kier alpha value is -1.24. The molecule has 134 valence electrons. The molecular weight excluding hydrogens is 336 g/mol. The molecule has 2 aliphatic rings. The van der Waals surface area contributed by atoms with E-state index < -0.39 is 11.6 Å². The molecular formula is C17H24ClF2N3O. The normalized spacial score (nSPS) is 23.0. The van der Waals surface area contributed by atoms with Gasteiger partial charge in [0.1, 0.15) is 11.6 Å². The molecule has 3 rings (SSSR count). The molecule has 2 atom stereocenters. The van der Waals surface area contributed by atoms with Crippen molar-refractivity contribution in [2.45, 2.75) is 31.8 Å². The summed E-state index contributed by atoms with van der Waals surface area (Å²) in [6.07, 6.45) is 1.97. The van der Waals surface area contributed by atoms with Crippen molar-refractivity contribution in [1.29, 1.82) is 0 Å². The van der Waals surface area contributed by atoms with Gasteiger partial charge in [-0.05, 0) is 32.4 Å². The molecule has 0 aliphatic carbocycles. The summed E-state index contributed by atoms with van der Waals surface area (Å²) in [7, 11) is 0. The zero-order valence-corrected chi connectivity index (χ0v) is 14.6. The summed E-state index contributed by atoms with van der Waals surface area (Å²) in [5, 5.41) is 3.24. The predicted octanol–water partition coefficient (Wildman–Crippen LogP) is 2.34. The molecule has 0 spiro atoms. The van der Waals surface area contributed by atoms with Gasteiger partial charge in [0, 0.05) is 43.9 Å². The Morgan fingerprint density at radius 3 is 2.54 bits per heavy atom. The van der Waals surface area contributed by atoms with Gasteiger partial charge in [0.05, 0.1) is 6.04 Å². The molecule has 1 amide bonds. The Morgan fingerprint density at radius 2 is 1.96 bits per heavy atom. The lowest BCUT2D eigenvalue weighted by Gasteiger charge is -2.39. The highest BCUT2D eigenvalue weighted by Crippen LogP contribution is 2.25. The molecule has 1 aromatic carbocycles. The number of nitrogens with one attached hydrogen (secondary N) is 1. The summed E-state index contributed by atoms with van der Waals surface area (Å²) in [6.45, 7) is 5.56. The first kappa shape index (κ1) is 19.1. The van der Waals surface area contributed by atoms with Gasteiger partial charge in [0.2, 0.25) is 5.91 Å². The van der Waals surface area contributed by atoms with E-state index >= 15 is 0 Å². The Balaban J connectivity index is 0.00000208. The molecule has 0 saturated carbocycles. The molecule has 7 heteroatoms.